The Bertz CT molecular complexity index is 2610. The second-order valence-electron chi connectivity index (χ2n) is 12.7. The lowest BCUT2D eigenvalue weighted by molar-refractivity contribution is 0.103. The van der Waals surface area contributed by atoms with Crippen LogP contribution in [0.5, 0.6) is 0 Å². The molecule has 0 amide bonds. The molecule has 1 aliphatic carbocycles. The van der Waals surface area contributed by atoms with Crippen LogP contribution in [0.2, 0.25) is 0 Å². The summed E-state index contributed by atoms with van der Waals surface area (Å²) in [5.74, 6) is 0.0102. The van der Waals surface area contributed by atoms with Gasteiger partial charge < -0.3 is 0 Å². The minimum absolute atomic E-state index is 0.0102. The van der Waals surface area contributed by atoms with E-state index in [2.05, 4.69) is 84.9 Å². The van der Waals surface area contributed by atoms with Crippen molar-refractivity contribution in [2.45, 2.75) is 5.41 Å². The topological polar surface area (TPSA) is 39.1 Å². The quantitative estimate of drug-likeness (QED) is 0.182. The van der Waals surface area contributed by atoms with E-state index in [9.17, 15) is 9.59 Å². The molecule has 8 aromatic rings. The molecule has 2 heterocycles. The number of rotatable bonds is 2. The number of hydrogen-bond acceptors (Lipinski definition) is 2. The van der Waals surface area contributed by atoms with Gasteiger partial charge in [0.2, 0.25) is 0 Å². The van der Waals surface area contributed by atoms with Crippen molar-refractivity contribution in [3.8, 4) is 27.9 Å². The molecule has 0 radical (unpaired) electrons. The molecule has 3 heteroatoms. The Morgan fingerprint density at radius 1 is 0.396 bits per heavy atom. The predicted octanol–water partition coefficient (Wildman–Crippen LogP) is 9.72. The molecule has 0 unspecified atom stereocenters. The summed E-state index contributed by atoms with van der Waals surface area (Å²) < 4.78 is 1.91. The van der Waals surface area contributed by atoms with Crippen molar-refractivity contribution < 1.29 is 4.79 Å². The molecule has 3 nitrogen and oxygen atoms in total. The number of pyridine rings is 1. The Labute approximate surface area is 277 Å². The fourth-order valence-corrected chi connectivity index (χ4v) is 8.39. The minimum atomic E-state index is -0.890. The lowest BCUT2D eigenvalue weighted by Crippen LogP contribution is -2.42. The maximum absolute atomic E-state index is 14.6. The molecule has 48 heavy (non-hydrogen) atoms. The molecule has 0 saturated heterocycles. The van der Waals surface area contributed by atoms with Crippen LogP contribution < -0.4 is 5.56 Å². The zero-order valence-corrected chi connectivity index (χ0v) is 25.9. The van der Waals surface area contributed by atoms with E-state index in [1.165, 1.54) is 0 Å². The number of carbonyl (C=O) groups excluding carboxylic acids is 1. The average molecular weight is 614 g/mol. The highest BCUT2D eigenvalue weighted by atomic mass is 16.1. The maximum Gasteiger partial charge on any atom is 0.263 e. The summed E-state index contributed by atoms with van der Waals surface area (Å²) in [7, 11) is 0. The minimum Gasteiger partial charge on any atom is -0.289 e. The van der Waals surface area contributed by atoms with E-state index in [0.29, 0.717) is 16.5 Å². The Balaban J connectivity index is 1.44. The number of nitrogens with zero attached hydrogens (tertiary/aromatic N) is 1. The number of hydrogen-bond donors (Lipinski definition) is 0. The van der Waals surface area contributed by atoms with Crippen LogP contribution in [0.25, 0.3) is 49.6 Å². The van der Waals surface area contributed by atoms with Crippen molar-refractivity contribution in [3.05, 3.63) is 208 Å². The van der Waals surface area contributed by atoms with Crippen molar-refractivity contribution in [2.75, 3.05) is 0 Å². The fourth-order valence-electron chi connectivity index (χ4n) is 8.39. The van der Waals surface area contributed by atoms with Crippen LogP contribution in [-0.2, 0) is 5.41 Å². The van der Waals surface area contributed by atoms with Gasteiger partial charge in [-0.3, -0.25) is 14.2 Å². The van der Waals surface area contributed by atoms with Gasteiger partial charge in [0.15, 0.2) is 5.78 Å². The van der Waals surface area contributed by atoms with Crippen LogP contribution in [-0.4, -0.2) is 10.4 Å². The zero-order valence-electron chi connectivity index (χ0n) is 25.9. The fraction of sp³-hybridized carbons (Fsp3) is 0.0222. The van der Waals surface area contributed by atoms with Gasteiger partial charge in [-0.15, -0.1) is 0 Å². The third kappa shape index (κ3) is 3.42. The van der Waals surface area contributed by atoms with Crippen LogP contribution in [0.1, 0.15) is 38.2 Å². The van der Waals surface area contributed by atoms with Gasteiger partial charge in [0.05, 0.1) is 16.6 Å². The number of benzene rings is 7. The normalized spacial score (nSPS) is 13.7. The van der Waals surface area contributed by atoms with Gasteiger partial charge in [0.1, 0.15) is 0 Å². The Morgan fingerprint density at radius 2 is 0.917 bits per heavy atom. The number of ketones is 1. The van der Waals surface area contributed by atoms with Crippen LogP contribution >= 0.6 is 0 Å². The number of carbonyl (C=O) groups is 1. The Hall–Kier alpha value is -6.32. The molecular formula is C45H27NO2. The van der Waals surface area contributed by atoms with Gasteiger partial charge in [-0.25, -0.2) is 0 Å². The van der Waals surface area contributed by atoms with E-state index in [4.69, 9.17) is 0 Å². The third-order valence-corrected chi connectivity index (χ3v) is 10.4. The average Bonchev–Trinajstić information content (AvgIpc) is 3.16. The smallest absolute Gasteiger partial charge is 0.263 e. The summed E-state index contributed by atoms with van der Waals surface area (Å²) in [6.45, 7) is 0. The molecule has 0 saturated carbocycles. The highest BCUT2D eigenvalue weighted by Gasteiger charge is 2.51. The zero-order chi connectivity index (χ0) is 32.0. The molecular weight excluding hydrogens is 587 g/mol. The SMILES string of the molecule is O=C1c2ccc(-c3ccccc3)cc2C2(c3cc(-c4ccccc4)ccc31)c1ccccc1-n1c(=O)c3ccccc3c3cccc2c31. The maximum atomic E-state index is 14.6. The second-order valence-corrected chi connectivity index (χ2v) is 12.7. The Kier molecular flexibility index (Phi) is 5.51. The highest BCUT2D eigenvalue weighted by molar-refractivity contribution is 6.16. The molecule has 0 fully saturated rings. The van der Waals surface area contributed by atoms with Crippen LogP contribution in [0.4, 0.5) is 0 Å². The number of para-hydroxylation sites is 2. The molecule has 0 N–H and O–H groups in total. The monoisotopic (exact) mass is 613 g/mol. The predicted molar refractivity (Wildman–Crippen MR) is 193 cm³/mol. The van der Waals surface area contributed by atoms with Crippen molar-refractivity contribution in [1.82, 2.24) is 4.57 Å². The van der Waals surface area contributed by atoms with Crippen molar-refractivity contribution in [3.63, 3.8) is 0 Å². The van der Waals surface area contributed by atoms with Crippen molar-refractivity contribution in [1.29, 1.82) is 0 Å². The van der Waals surface area contributed by atoms with E-state index < -0.39 is 5.41 Å². The summed E-state index contributed by atoms with van der Waals surface area (Å²) in [4.78, 5) is 29.1. The Morgan fingerprint density at radius 3 is 1.56 bits per heavy atom. The summed E-state index contributed by atoms with van der Waals surface area (Å²) in [6, 6.07) is 55.7. The molecule has 7 aromatic carbocycles. The molecule has 1 aliphatic heterocycles. The molecule has 2 aliphatic rings. The van der Waals surface area contributed by atoms with Crippen LogP contribution in [0.15, 0.2) is 169 Å². The molecule has 0 atom stereocenters. The van der Waals surface area contributed by atoms with E-state index in [1.54, 1.807) is 0 Å². The first-order chi connectivity index (χ1) is 23.7. The van der Waals surface area contributed by atoms with Gasteiger partial charge in [-0.1, -0.05) is 140 Å². The molecule has 224 valence electrons. The first-order valence-corrected chi connectivity index (χ1v) is 16.3. The van der Waals surface area contributed by atoms with E-state index in [1.807, 2.05) is 83.4 Å². The van der Waals surface area contributed by atoms with E-state index >= 15 is 0 Å². The summed E-state index contributed by atoms with van der Waals surface area (Å²) >= 11 is 0. The highest BCUT2D eigenvalue weighted by Crippen LogP contribution is 2.57. The largest absolute Gasteiger partial charge is 0.289 e. The van der Waals surface area contributed by atoms with Crippen molar-refractivity contribution in [2.24, 2.45) is 0 Å². The molecule has 1 spiro atoms. The lowest BCUT2D eigenvalue weighted by Gasteiger charge is -2.46. The summed E-state index contributed by atoms with van der Waals surface area (Å²) in [5, 5.41) is 2.62. The molecule has 10 rings (SSSR count). The van der Waals surface area contributed by atoms with Gasteiger partial charge in [-0.05, 0) is 74.2 Å². The van der Waals surface area contributed by atoms with Gasteiger partial charge >= 0.3 is 0 Å². The number of fused-ring (bicyclic) bond motifs is 10. The van der Waals surface area contributed by atoms with E-state index in [-0.39, 0.29) is 11.3 Å². The van der Waals surface area contributed by atoms with Crippen molar-refractivity contribution >= 4 is 27.5 Å². The van der Waals surface area contributed by atoms with Crippen LogP contribution in [0, 0.1) is 0 Å². The van der Waals surface area contributed by atoms with Gasteiger partial charge in [-0.2, -0.15) is 0 Å². The molecule has 0 bridgehead atoms. The first-order valence-electron chi connectivity index (χ1n) is 16.3. The van der Waals surface area contributed by atoms with Crippen LogP contribution in [0.3, 0.4) is 0 Å². The van der Waals surface area contributed by atoms with E-state index in [0.717, 1.165) is 66.5 Å². The van der Waals surface area contributed by atoms with Gasteiger partial charge in [0.25, 0.3) is 5.56 Å². The number of aromatic nitrogens is 1. The standard InChI is InChI=1S/C45H27NO2/c47-43-35-24-22-30(28-12-3-1-4-13-28)26-39(35)45(40-27-31(23-25-36(40)43)29-14-5-2-6-15-29)37-19-9-10-21-41(37)46-42-33(18-11-20-38(42)45)32-16-7-8-17-34(32)44(46)48/h1-27H. The summed E-state index contributed by atoms with van der Waals surface area (Å²) in [5.41, 5.74) is 10.2. The second kappa shape index (κ2) is 9.84. The lowest BCUT2D eigenvalue weighted by atomic mass is 9.57. The summed E-state index contributed by atoms with van der Waals surface area (Å²) in [6.07, 6.45) is 0. The third-order valence-electron chi connectivity index (χ3n) is 10.4. The molecule has 1 aromatic heterocycles. The first kappa shape index (κ1) is 26.9. The van der Waals surface area contributed by atoms with Gasteiger partial charge in [0, 0.05) is 21.9 Å².